The summed E-state index contributed by atoms with van der Waals surface area (Å²) < 4.78 is 5.48. The molecule has 0 spiro atoms. The van der Waals surface area contributed by atoms with Gasteiger partial charge in [-0.15, -0.1) is 0 Å². The van der Waals surface area contributed by atoms with Crippen LogP contribution in [-0.4, -0.2) is 40.1 Å². The summed E-state index contributed by atoms with van der Waals surface area (Å²) in [6, 6.07) is 7.44. The molecule has 1 fully saturated rings. The van der Waals surface area contributed by atoms with Gasteiger partial charge in [-0.25, -0.2) is 4.98 Å². The van der Waals surface area contributed by atoms with E-state index < -0.39 is 6.10 Å². The van der Waals surface area contributed by atoms with E-state index in [-0.39, 0.29) is 5.91 Å². The van der Waals surface area contributed by atoms with Crippen LogP contribution >= 0.6 is 0 Å². The first kappa shape index (κ1) is 11.9. The molecule has 1 aliphatic rings. The van der Waals surface area contributed by atoms with Gasteiger partial charge in [-0.05, 0) is 18.6 Å². The lowest BCUT2D eigenvalue weighted by atomic mass is 10.3. The molecule has 2 aromatic rings. The monoisotopic (exact) mass is 258 g/mol. The number of hydrogen-bond acceptors (Lipinski definition) is 4. The number of benzene rings is 1. The first-order chi connectivity index (χ1) is 9.22. The number of amides is 1. The molecule has 2 heterocycles. The molecule has 1 N–H and O–H groups in total. The van der Waals surface area contributed by atoms with Crippen LogP contribution in [0.1, 0.15) is 12.3 Å². The summed E-state index contributed by atoms with van der Waals surface area (Å²) in [5.41, 5.74) is 1.47. The maximum absolute atomic E-state index is 11.8. The number of aromatic nitrogens is 1. The molecular formula is C14H14N2O3. The number of carbonyl (C=O) groups excluding carboxylic acids is 1. The number of nitrogens with zero attached hydrogens (tertiary/aromatic N) is 2. The fourth-order valence-corrected chi connectivity index (χ4v) is 2.15. The lowest BCUT2D eigenvalue weighted by Gasteiger charge is -2.11. The molecule has 0 saturated carbocycles. The number of hydrogen-bond donors (Lipinski definition) is 1. The molecule has 3 rings (SSSR count). The van der Waals surface area contributed by atoms with Crippen LogP contribution in [0.4, 0.5) is 0 Å². The molecule has 1 unspecified atom stereocenters. The van der Waals surface area contributed by atoms with Crippen LogP contribution in [-0.2, 0) is 4.79 Å². The smallest absolute Gasteiger partial charge is 0.246 e. The number of aliphatic hydroxyl groups excluding tert-OH is 1. The van der Waals surface area contributed by atoms with Crippen LogP contribution in [0.3, 0.4) is 0 Å². The summed E-state index contributed by atoms with van der Waals surface area (Å²) in [6.07, 6.45) is 3.24. The van der Waals surface area contributed by atoms with Gasteiger partial charge in [0.2, 0.25) is 11.8 Å². The van der Waals surface area contributed by atoms with E-state index in [1.54, 1.807) is 11.0 Å². The molecule has 19 heavy (non-hydrogen) atoms. The fraction of sp³-hybridized carbons (Fsp3) is 0.286. The number of para-hydroxylation sites is 2. The number of likely N-dealkylation sites (tertiary alicyclic amines) is 1. The van der Waals surface area contributed by atoms with Crippen LogP contribution in [0.25, 0.3) is 17.2 Å². The molecule has 1 aliphatic heterocycles. The highest BCUT2D eigenvalue weighted by atomic mass is 16.3. The van der Waals surface area contributed by atoms with Crippen molar-refractivity contribution in [2.75, 3.05) is 13.1 Å². The van der Waals surface area contributed by atoms with Gasteiger partial charge in [-0.3, -0.25) is 4.79 Å². The summed E-state index contributed by atoms with van der Waals surface area (Å²) in [4.78, 5) is 17.7. The summed E-state index contributed by atoms with van der Waals surface area (Å²) in [6.45, 7) is 0.995. The van der Waals surface area contributed by atoms with Crippen LogP contribution in [0.2, 0.25) is 0 Å². The third-order valence-electron chi connectivity index (χ3n) is 3.15. The SMILES string of the molecule is O=C(C=Cc1nc2ccccc2o1)N1CCC(O)C1. The predicted molar refractivity (Wildman–Crippen MR) is 70.2 cm³/mol. The van der Waals surface area contributed by atoms with Crippen molar-refractivity contribution in [3.05, 3.63) is 36.2 Å². The van der Waals surface area contributed by atoms with Crippen molar-refractivity contribution in [3.63, 3.8) is 0 Å². The molecule has 1 amide bonds. The minimum atomic E-state index is -0.401. The Bertz CT molecular complexity index is 599. The van der Waals surface area contributed by atoms with Crippen molar-refractivity contribution in [1.82, 2.24) is 9.88 Å². The molecule has 98 valence electrons. The van der Waals surface area contributed by atoms with E-state index in [4.69, 9.17) is 4.42 Å². The number of carbonyl (C=O) groups is 1. The van der Waals surface area contributed by atoms with E-state index in [2.05, 4.69) is 4.98 Å². The summed E-state index contributed by atoms with van der Waals surface area (Å²) in [5.74, 6) is 0.285. The van der Waals surface area contributed by atoms with Gasteiger partial charge < -0.3 is 14.4 Å². The minimum Gasteiger partial charge on any atom is -0.437 e. The van der Waals surface area contributed by atoms with E-state index in [0.717, 1.165) is 5.52 Å². The van der Waals surface area contributed by atoms with Gasteiger partial charge in [0.15, 0.2) is 5.58 Å². The van der Waals surface area contributed by atoms with E-state index in [1.165, 1.54) is 6.08 Å². The normalized spacial score (nSPS) is 19.6. The van der Waals surface area contributed by atoms with Crippen LogP contribution in [0.5, 0.6) is 0 Å². The highest BCUT2D eigenvalue weighted by Crippen LogP contribution is 2.16. The van der Waals surface area contributed by atoms with Crippen molar-refractivity contribution in [2.45, 2.75) is 12.5 Å². The van der Waals surface area contributed by atoms with Gasteiger partial charge in [0.1, 0.15) is 5.52 Å². The number of aliphatic hydroxyl groups is 1. The van der Waals surface area contributed by atoms with E-state index in [1.807, 2.05) is 24.3 Å². The number of β-amino-alcohol motifs (C(OH)–C–C–N with tert-alkyl or cyclic N) is 1. The summed E-state index contributed by atoms with van der Waals surface area (Å²) in [5, 5.41) is 9.38. The molecule has 0 radical (unpaired) electrons. The van der Waals surface area contributed by atoms with E-state index in [9.17, 15) is 9.90 Å². The molecule has 1 aromatic carbocycles. The lowest BCUT2D eigenvalue weighted by Crippen LogP contribution is -2.27. The molecule has 0 bridgehead atoms. The largest absolute Gasteiger partial charge is 0.437 e. The van der Waals surface area contributed by atoms with Crippen LogP contribution in [0, 0.1) is 0 Å². The van der Waals surface area contributed by atoms with Crippen molar-refractivity contribution < 1.29 is 14.3 Å². The molecule has 1 atom stereocenters. The van der Waals surface area contributed by atoms with Crippen molar-refractivity contribution in [3.8, 4) is 0 Å². The first-order valence-corrected chi connectivity index (χ1v) is 6.23. The highest BCUT2D eigenvalue weighted by Gasteiger charge is 2.22. The predicted octanol–water partition coefficient (Wildman–Crippen LogP) is 1.43. The maximum atomic E-state index is 11.8. The first-order valence-electron chi connectivity index (χ1n) is 6.23. The standard InChI is InChI=1S/C14H14N2O3/c17-10-7-8-16(9-10)14(18)6-5-13-15-11-3-1-2-4-12(11)19-13/h1-6,10,17H,7-9H2. The summed E-state index contributed by atoms with van der Waals surface area (Å²) in [7, 11) is 0. The Morgan fingerprint density at radius 3 is 3.05 bits per heavy atom. The van der Waals surface area contributed by atoms with Crippen molar-refractivity contribution >= 4 is 23.1 Å². The molecule has 5 heteroatoms. The molecular weight excluding hydrogens is 244 g/mol. The van der Waals surface area contributed by atoms with Gasteiger partial charge in [0.25, 0.3) is 0 Å². The fourth-order valence-electron chi connectivity index (χ4n) is 2.15. The Labute approximate surface area is 110 Å². The third kappa shape index (κ3) is 2.51. The Balaban J connectivity index is 1.73. The Morgan fingerprint density at radius 1 is 1.47 bits per heavy atom. The Hall–Kier alpha value is -2.14. The van der Waals surface area contributed by atoms with Gasteiger partial charge in [-0.2, -0.15) is 0 Å². The van der Waals surface area contributed by atoms with Gasteiger partial charge >= 0.3 is 0 Å². The van der Waals surface area contributed by atoms with E-state index >= 15 is 0 Å². The second-order valence-electron chi connectivity index (χ2n) is 4.58. The van der Waals surface area contributed by atoms with Crippen molar-refractivity contribution in [2.24, 2.45) is 0 Å². The average Bonchev–Trinajstić information content (AvgIpc) is 3.01. The average molecular weight is 258 g/mol. The Morgan fingerprint density at radius 2 is 2.32 bits per heavy atom. The topological polar surface area (TPSA) is 66.6 Å². The quantitative estimate of drug-likeness (QED) is 0.828. The Kier molecular flexibility index (Phi) is 3.05. The third-order valence-corrected chi connectivity index (χ3v) is 3.15. The summed E-state index contributed by atoms with van der Waals surface area (Å²) >= 11 is 0. The maximum Gasteiger partial charge on any atom is 0.246 e. The van der Waals surface area contributed by atoms with Crippen LogP contribution < -0.4 is 0 Å². The number of fused-ring (bicyclic) bond motifs is 1. The number of rotatable bonds is 2. The zero-order chi connectivity index (χ0) is 13.2. The molecule has 1 saturated heterocycles. The molecule has 5 nitrogen and oxygen atoms in total. The van der Waals surface area contributed by atoms with Gasteiger partial charge in [0.05, 0.1) is 6.10 Å². The van der Waals surface area contributed by atoms with Crippen LogP contribution in [0.15, 0.2) is 34.8 Å². The number of oxazole rings is 1. The zero-order valence-corrected chi connectivity index (χ0v) is 10.3. The van der Waals surface area contributed by atoms with E-state index in [0.29, 0.717) is 31.0 Å². The minimum absolute atomic E-state index is 0.126. The van der Waals surface area contributed by atoms with Gasteiger partial charge in [0, 0.05) is 25.2 Å². The second kappa shape index (κ2) is 4.85. The second-order valence-corrected chi connectivity index (χ2v) is 4.58. The molecule has 1 aromatic heterocycles. The van der Waals surface area contributed by atoms with Gasteiger partial charge in [-0.1, -0.05) is 12.1 Å². The highest BCUT2D eigenvalue weighted by molar-refractivity contribution is 5.91. The lowest BCUT2D eigenvalue weighted by molar-refractivity contribution is -0.125. The zero-order valence-electron chi connectivity index (χ0n) is 10.3. The van der Waals surface area contributed by atoms with Crippen molar-refractivity contribution in [1.29, 1.82) is 0 Å². The molecule has 0 aliphatic carbocycles.